The Labute approximate surface area is 109 Å². The van der Waals surface area contributed by atoms with Gasteiger partial charge < -0.3 is 19.5 Å². The van der Waals surface area contributed by atoms with Gasteiger partial charge in [0.2, 0.25) is 0 Å². The van der Waals surface area contributed by atoms with Gasteiger partial charge in [-0.15, -0.1) is 0 Å². The molecule has 0 aliphatic carbocycles. The Morgan fingerprint density at radius 3 is 2.67 bits per heavy atom. The van der Waals surface area contributed by atoms with Gasteiger partial charge in [0.05, 0.1) is 13.2 Å². The molecule has 0 unspecified atom stereocenters. The smallest absolute Gasteiger partial charge is 0.119 e. The van der Waals surface area contributed by atoms with E-state index in [1.54, 1.807) is 14.2 Å². The van der Waals surface area contributed by atoms with Gasteiger partial charge in [0.15, 0.2) is 0 Å². The first-order chi connectivity index (χ1) is 8.86. The van der Waals surface area contributed by atoms with Gasteiger partial charge in [-0.25, -0.2) is 0 Å². The Hall–Kier alpha value is -1.10. The van der Waals surface area contributed by atoms with Crippen LogP contribution in [0.2, 0.25) is 0 Å². The van der Waals surface area contributed by atoms with Crippen LogP contribution in [-0.2, 0) is 16.0 Å². The molecule has 18 heavy (non-hydrogen) atoms. The van der Waals surface area contributed by atoms with E-state index >= 15 is 0 Å². The molecule has 0 bridgehead atoms. The molecule has 0 saturated carbocycles. The van der Waals surface area contributed by atoms with E-state index < -0.39 is 0 Å². The molecule has 4 nitrogen and oxygen atoms in total. The molecule has 0 radical (unpaired) electrons. The van der Waals surface area contributed by atoms with E-state index in [0.717, 1.165) is 38.5 Å². The number of hydrogen-bond donors (Lipinski definition) is 1. The summed E-state index contributed by atoms with van der Waals surface area (Å²) in [6, 6.07) is 8.14. The van der Waals surface area contributed by atoms with Crippen molar-refractivity contribution in [2.45, 2.75) is 13.0 Å². The molecule has 0 saturated heterocycles. The second-order valence-corrected chi connectivity index (χ2v) is 4.01. The van der Waals surface area contributed by atoms with Gasteiger partial charge >= 0.3 is 0 Å². The van der Waals surface area contributed by atoms with Crippen molar-refractivity contribution >= 4 is 0 Å². The Kier molecular flexibility index (Phi) is 8.21. The summed E-state index contributed by atoms with van der Waals surface area (Å²) in [5, 5.41) is 3.31. The van der Waals surface area contributed by atoms with Gasteiger partial charge in [0.1, 0.15) is 5.75 Å². The third-order valence-electron chi connectivity index (χ3n) is 2.47. The van der Waals surface area contributed by atoms with E-state index in [2.05, 4.69) is 17.4 Å². The molecular weight excluding hydrogens is 230 g/mol. The quantitative estimate of drug-likeness (QED) is 0.646. The fraction of sp³-hybridized carbons (Fsp3) is 0.571. The highest BCUT2D eigenvalue weighted by Gasteiger charge is 1.97. The second-order valence-electron chi connectivity index (χ2n) is 4.01. The van der Waals surface area contributed by atoms with Crippen molar-refractivity contribution in [2.75, 3.05) is 40.6 Å². The van der Waals surface area contributed by atoms with Crippen LogP contribution in [0.15, 0.2) is 24.3 Å². The lowest BCUT2D eigenvalue weighted by molar-refractivity contribution is 0.172. The number of rotatable bonds is 10. The normalized spacial score (nSPS) is 10.6. The SMILES string of the molecule is COCCCOc1cccc(CNCCOC)c1. The van der Waals surface area contributed by atoms with Gasteiger partial charge in [-0.05, 0) is 17.7 Å². The monoisotopic (exact) mass is 253 g/mol. The molecule has 0 aromatic heterocycles. The van der Waals surface area contributed by atoms with Crippen molar-refractivity contribution in [1.29, 1.82) is 0 Å². The molecule has 4 heteroatoms. The maximum Gasteiger partial charge on any atom is 0.119 e. The molecular formula is C14H23NO3. The van der Waals surface area contributed by atoms with Crippen LogP contribution in [0.5, 0.6) is 5.75 Å². The molecule has 0 aliphatic rings. The average Bonchev–Trinajstić information content (AvgIpc) is 2.40. The molecule has 0 atom stereocenters. The standard InChI is InChI=1S/C14H23NO3/c1-16-8-4-9-18-14-6-3-5-13(11-14)12-15-7-10-17-2/h3,5-6,11,15H,4,7-10,12H2,1-2H3. The van der Waals surface area contributed by atoms with Crippen molar-refractivity contribution in [1.82, 2.24) is 5.32 Å². The van der Waals surface area contributed by atoms with Crippen molar-refractivity contribution in [2.24, 2.45) is 0 Å². The molecule has 1 N–H and O–H groups in total. The first-order valence-electron chi connectivity index (χ1n) is 6.27. The number of ether oxygens (including phenoxy) is 3. The van der Waals surface area contributed by atoms with Crippen molar-refractivity contribution in [3.8, 4) is 5.75 Å². The summed E-state index contributed by atoms with van der Waals surface area (Å²) < 4.78 is 15.6. The minimum Gasteiger partial charge on any atom is -0.493 e. The number of benzene rings is 1. The Bertz CT molecular complexity index is 290. The lowest BCUT2D eigenvalue weighted by Crippen LogP contribution is -2.18. The first kappa shape index (κ1) is 15.0. The predicted molar refractivity (Wildman–Crippen MR) is 72.0 cm³/mol. The molecule has 0 aliphatic heterocycles. The van der Waals surface area contributed by atoms with Crippen LogP contribution >= 0.6 is 0 Å². The van der Waals surface area contributed by atoms with Gasteiger partial charge in [-0.3, -0.25) is 0 Å². The highest BCUT2D eigenvalue weighted by atomic mass is 16.5. The van der Waals surface area contributed by atoms with E-state index in [0.29, 0.717) is 6.61 Å². The highest BCUT2D eigenvalue weighted by Crippen LogP contribution is 2.13. The fourth-order valence-electron chi connectivity index (χ4n) is 1.55. The summed E-state index contributed by atoms with van der Waals surface area (Å²) in [5.41, 5.74) is 1.22. The van der Waals surface area contributed by atoms with Gasteiger partial charge in [-0.1, -0.05) is 12.1 Å². The Balaban J connectivity index is 2.27. The zero-order valence-electron chi connectivity index (χ0n) is 11.3. The van der Waals surface area contributed by atoms with Crippen molar-refractivity contribution in [3.05, 3.63) is 29.8 Å². The molecule has 0 fully saturated rings. The summed E-state index contributed by atoms with van der Waals surface area (Å²) in [6.45, 7) is 3.84. The zero-order chi connectivity index (χ0) is 13.1. The highest BCUT2D eigenvalue weighted by molar-refractivity contribution is 5.28. The minimum absolute atomic E-state index is 0.689. The van der Waals surface area contributed by atoms with Crippen LogP contribution in [0.3, 0.4) is 0 Å². The zero-order valence-corrected chi connectivity index (χ0v) is 11.3. The number of methoxy groups -OCH3 is 2. The average molecular weight is 253 g/mol. The number of hydrogen-bond acceptors (Lipinski definition) is 4. The van der Waals surface area contributed by atoms with Gasteiger partial charge in [0, 0.05) is 40.3 Å². The summed E-state index contributed by atoms with van der Waals surface area (Å²) in [7, 11) is 3.41. The summed E-state index contributed by atoms with van der Waals surface area (Å²) in [6.07, 6.45) is 0.910. The maximum absolute atomic E-state index is 5.64. The van der Waals surface area contributed by atoms with E-state index in [9.17, 15) is 0 Å². The molecule has 0 amide bonds. The van der Waals surface area contributed by atoms with Crippen LogP contribution in [0.4, 0.5) is 0 Å². The summed E-state index contributed by atoms with van der Waals surface area (Å²) >= 11 is 0. The molecule has 0 heterocycles. The maximum atomic E-state index is 5.64. The molecule has 1 aromatic carbocycles. The van der Waals surface area contributed by atoms with Crippen molar-refractivity contribution < 1.29 is 14.2 Å². The number of nitrogens with one attached hydrogen (secondary N) is 1. The lowest BCUT2D eigenvalue weighted by atomic mass is 10.2. The van der Waals surface area contributed by atoms with Crippen LogP contribution in [-0.4, -0.2) is 40.6 Å². The largest absolute Gasteiger partial charge is 0.493 e. The first-order valence-corrected chi connectivity index (χ1v) is 6.27. The Morgan fingerprint density at radius 1 is 1.06 bits per heavy atom. The topological polar surface area (TPSA) is 39.7 Å². The molecule has 1 aromatic rings. The predicted octanol–water partition coefficient (Wildman–Crippen LogP) is 1.84. The fourth-order valence-corrected chi connectivity index (χ4v) is 1.55. The Morgan fingerprint density at radius 2 is 1.89 bits per heavy atom. The van der Waals surface area contributed by atoms with Crippen LogP contribution in [0.1, 0.15) is 12.0 Å². The molecule has 0 spiro atoms. The van der Waals surface area contributed by atoms with E-state index in [1.165, 1.54) is 5.56 Å². The second kappa shape index (κ2) is 9.88. The van der Waals surface area contributed by atoms with E-state index in [1.807, 2.05) is 12.1 Å². The third-order valence-corrected chi connectivity index (χ3v) is 2.47. The summed E-state index contributed by atoms with van der Waals surface area (Å²) in [5.74, 6) is 0.914. The lowest BCUT2D eigenvalue weighted by Gasteiger charge is -2.08. The van der Waals surface area contributed by atoms with Crippen molar-refractivity contribution in [3.63, 3.8) is 0 Å². The van der Waals surface area contributed by atoms with E-state index in [-0.39, 0.29) is 0 Å². The van der Waals surface area contributed by atoms with Gasteiger partial charge in [0.25, 0.3) is 0 Å². The third kappa shape index (κ3) is 6.59. The minimum atomic E-state index is 0.689. The molecule has 1 rings (SSSR count). The summed E-state index contributed by atoms with van der Waals surface area (Å²) in [4.78, 5) is 0. The van der Waals surface area contributed by atoms with Crippen LogP contribution < -0.4 is 10.1 Å². The van der Waals surface area contributed by atoms with Gasteiger partial charge in [-0.2, -0.15) is 0 Å². The van der Waals surface area contributed by atoms with Crippen LogP contribution in [0, 0.1) is 0 Å². The van der Waals surface area contributed by atoms with Crippen LogP contribution in [0.25, 0.3) is 0 Å². The molecule has 102 valence electrons. The van der Waals surface area contributed by atoms with E-state index in [4.69, 9.17) is 14.2 Å².